The molecule has 2 nitrogen and oxygen atoms in total. The van der Waals surface area contributed by atoms with Gasteiger partial charge < -0.3 is 9.73 Å². The van der Waals surface area contributed by atoms with Crippen molar-refractivity contribution in [2.45, 2.75) is 71.8 Å². The molecule has 1 saturated carbocycles. The third-order valence-electron chi connectivity index (χ3n) is 4.99. The highest BCUT2D eigenvalue weighted by Crippen LogP contribution is 2.39. The lowest BCUT2D eigenvalue weighted by atomic mass is 9.76. The fourth-order valence-corrected chi connectivity index (χ4v) is 3.68. The molecule has 1 N–H and O–H groups in total. The molecule has 0 saturated heterocycles. The van der Waals surface area contributed by atoms with Crippen molar-refractivity contribution in [1.29, 1.82) is 0 Å². The Morgan fingerprint density at radius 1 is 1.20 bits per heavy atom. The summed E-state index contributed by atoms with van der Waals surface area (Å²) in [5, 5.41) is 3.79. The zero-order chi connectivity index (χ0) is 14.4. The summed E-state index contributed by atoms with van der Waals surface area (Å²) in [4.78, 5) is 0. The molecule has 1 atom stereocenters. The molecule has 0 bridgehead atoms. The van der Waals surface area contributed by atoms with Crippen LogP contribution in [-0.2, 0) is 6.42 Å². The van der Waals surface area contributed by atoms with Gasteiger partial charge in [-0.2, -0.15) is 0 Å². The first-order valence-electron chi connectivity index (χ1n) is 8.59. The fraction of sp³-hybridized carbons (Fsp3) is 0.778. The van der Waals surface area contributed by atoms with Crippen molar-refractivity contribution in [2.24, 2.45) is 11.8 Å². The van der Waals surface area contributed by atoms with Crippen molar-refractivity contribution in [1.82, 2.24) is 5.32 Å². The van der Waals surface area contributed by atoms with E-state index in [1.165, 1.54) is 49.8 Å². The molecule has 1 aliphatic carbocycles. The van der Waals surface area contributed by atoms with Crippen LogP contribution in [-0.4, -0.2) is 6.54 Å². The second-order valence-corrected chi connectivity index (χ2v) is 6.27. The van der Waals surface area contributed by atoms with Gasteiger partial charge in [0.15, 0.2) is 0 Å². The minimum atomic E-state index is 0.501. The minimum absolute atomic E-state index is 0.501. The first kappa shape index (κ1) is 15.6. The Morgan fingerprint density at radius 2 is 1.95 bits per heavy atom. The molecule has 20 heavy (non-hydrogen) atoms. The molecular weight excluding hydrogens is 246 g/mol. The Bertz CT molecular complexity index is 377. The van der Waals surface area contributed by atoms with Crippen LogP contribution in [0.3, 0.4) is 0 Å². The van der Waals surface area contributed by atoms with Crippen molar-refractivity contribution in [2.75, 3.05) is 6.54 Å². The number of furan rings is 1. The molecule has 1 heterocycles. The normalized spacial score (nSPS) is 24.8. The van der Waals surface area contributed by atoms with Crippen molar-refractivity contribution >= 4 is 0 Å². The van der Waals surface area contributed by atoms with Crippen molar-refractivity contribution in [3.63, 3.8) is 0 Å². The van der Waals surface area contributed by atoms with E-state index in [9.17, 15) is 0 Å². The topological polar surface area (TPSA) is 25.2 Å². The summed E-state index contributed by atoms with van der Waals surface area (Å²) in [6.45, 7) is 7.87. The van der Waals surface area contributed by atoms with Gasteiger partial charge in [0.2, 0.25) is 0 Å². The number of hydrogen-bond acceptors (Lipinski definition) is 2. The van der Waals surface area contributed by atoms with E-state index in [0.717, 1.165) is 24.8 Å². The molecule has 1 fully saturated rings. The van der Waals surface area contributed by atoms with Gasteiger partial charge in [-0.15, -0.1) is 0 Å². The summed E-state index contributed by atoms with van der Waals surface area (Å²) in [5.74, 6) is 2.93. The Hall–Kier alpha value is -0.760. The van der Waals surface area contributed by atoms with Gasteiger partial charge in [-0.1, -0.05) is 40.0 Å². The van der Waals surface area contributed by atoms with E-state index in [-0.39, 0.29) is 0 Å². The summed E-state index contributed by atoms with van der Waals surface area (Å²) >= 11 is 0. The van der Waals surface area contributed by atoms with E-state index in [0.29, 0.717) is 6.04 Å². The van der Waals surface area contributed by atoms with Gasteiger partial charge in [0.05, 0.1) is 6.26 Å². The van der Waals surface area contributed by atoms with E-state index < -0.39 is 0 Å². The monoisotopic (exact) mass is 277 g/mol. The summed E-state index contributed by atoms with van der Waals surface area (Å²) in [5.41, 5.74) is 1.42. The van der Waals surface area contributed by atoms with Crippen LogP contribution in [0.25, 0.3) is 0 Å². The number of rotatable bonds is 7. The SMILES string of the molecule is CCCNC(c1ccoc1CC)C1CCC(CC)CC1. The molecule has 1 aliphatic rings. The van der Waals surface area contributed by atoms with Crippen molar-refractivity contribution in [3.8, 4) is 0 Å². The summed E-state index contributed by atoms with van der Waals surface area (Å²) in [6, 6.07) is 2.69. The van der Waals surface area contributed by atoms with E-state index in [1.54, 1.807) is 0 Å². The Morgan fingerprint density at radius 3 is 2.55 bits per heavy atom. The Balaban J connectivity index is 2.07. The standard InChI is InChI=1S/C18H31NO/c1-4-12-19-18(16-11-13-20-17(16)6-3)15-9-7-14(5-2)8-10-15/h11,13-15,18-19H,4-10,12H2,1-3H3. The van der Waals surface area contributed by atoms with Crippen LogP contribution in [0.2, 0.25) is 0 Å². The molecule has 1 unspecified atom stereocenters. The molecule has 0 amide bonds. The van der Waals surface area contributed by atoms with E-state index >= 15 is 0 Å². The summed E-state index contributed by atoms with van der Waals surface area (Å²) in [7, 11) is 0. The van der Waals surface area contributed by atoms with Gasteiger partial charge in [0, 0.05) is 18.0 Å². The fourth-order valence-electron chi connectivity index (χ4n) is 3.68. The lowest BCUT2D eigenvalue weighted by molar-refractivity contribution is 0.217. The van der Waals surface area contributed by atoms with E-state index in [4.69, 9.17) is 4.42 Å². The third kappa shape index (κ3) is 3.66. The van der Waals surface area contributed by atoms with Crippen LogP contribution in [0.5, 0.6) is 0 Å². The zero-order valence-electron chi connectivity index (χ0n) is 13.5. The zero-order valence-corrected chi connectivity index (χ0v) is 13.5. The third-order valence-corrected chi connectivity index (χ3v) is 4.99. The maximum Gasteiger partial charge on any atom is 0.108 e. The molecule has 0 aliphatic heterocycles. The largest absolute Gasteiger partial charge is 0.469 e. The minimum Gasteiger partial charge on any atom is -0.469 e. The van der Waals surface area contributed by atoms with Gasteiger partial charge in [-0.25, -0.2) is 0 Å². The molecule has 2 heteroatoms. The molecular formula is C18H31NO. The molecule has 1 aromatic heterocycles. The number of hydrogen-bond donors (Lipinski definition) is 1. The van der Waals surface area contributed by atoms with Gasteiger partial charge in [0.1, 0.15) is 5.76 Å². The van der Waals surface area contributed by atoms with Gasteiger partial charge >= 0.3 is 0 Å². The van der Waals surface area contributed by atoms with E-state index in [2.05, 4.69) is 32.2 Å². The predicted molar refractivity (Wildman–Crippen MR) is 84.9 cm³/mol. The molecule has 2 rings (SSSR count). The van der Waals surface area contributed by atoms with Crippen LogP contribution in [0.1, 0.15) is 76.7 Å². The van der Waals surface area contributed by atoms with E-state index in [1.807, 2.05) is 6.26 Å². The smallest absolute Gasteiger partial charge is 0.108 e. The molecule has 1 aromatic rings. The highest BCUT2D eigenvalue weighted by atomic mass is 16.3. The van der Waals surface area contributed by atoms with Crippen LogP contribution in [0.4, 0.5) is 0 Å². The molecule has 114 valence electrons. The summed E-state index contributed by atoms with van der Waals surface area (Å²) in [6.07, 6.45) is 11.0. The molecule has 0 aromatic carbocycles. The highest BCUT2D eigenvalue weighted by Gasteiger charge is 2.29. The quantitative estimate of drug-likeness (QED) is 0.750. The lowest BCUT2D eigenvalue weighted by Gasteiger charge is -2.34. The first-order valence-corrected chi connectivity index (χ1v) is 8.59. The average molecular weight is 277 g/mol. The van der Waals surface area contributed by atoms with Crippen LogP contribution >= 0.6 is 0 Å². The second-order valence-electron chi connectivity index (χ2n) is 6.27. The number of nitrogens with one attached hydrogen (secondary N) is 1. The Labute approximate surface area is 124 Å². The van der Waals surface area contributed by atoms with Crippen molar-refractivity contribution in [3.05, 3.63) is 23.7 Å². The maximum atomic E-state index is 5.67. The van der Waals surface area contributed by atoms with Crippen LogP contribution in [0, 0.1) is 11.8 Å². The Kier molecular flexibility index (Phi) is 6.15. The van der Waals surface area contributed by atoms with Crippen LogP contribution in [0.15, 0.2) is 16.7 Å². The second kappa shape index (κ2) is 7.87. The van der Waals surface area contributed by atoms with Gasteiger partial charge in [-0.05, 0) is 43.7 Å². The highest BCUT2D eigenvalue weighted by molar-refractivity contribution is 5.22. The predicted octanol–water partition coefficient (Wildman–Crippen LogP) is 5.10. The van der Waals surface area contributed by atoms with Crippen LogP contribution < -0.4 is 5.32 Å². The first-order chi connectivity index (χ1) is 9.80. The summed E-state index contributed by atoms with van der Waals surface area (Å²) < 4.78 is 5.67. The maximum absolute atomic E-state index is 5.67. The van der Waals surface area contributed by atoms with Crippen molar-refractivity contribution < 1.29 is 4.42 Å². The average Bonchev–Trinajstić information content (AvgIpc) is 2.96. The molecule has 0 spiro atoms. The number of aryl methyl sites for hydroxylation is 1. The molecule has 0 radical (unpaired) electrons. The van der Waals surface area contributed by atoms with Gasteiger partial charge in [-0.3, -0.25) is 0 Å². The lowest BCUT2D eigenvalue weighted by Crippen LogP contribution is -2.32. The van der Waals surface area contributed by atoms with Gasteiger partial charge in [0.25, 0.3) is 0 Å².